The molecule has 8 nitrogen and oxygen atoms in total. The van der Waals surface area contributed by atoms with Gasteiger partial charge in [-0.1, -0.05) is 0 Å². The molecule has 2 fully saturated rings. The Morgan fingerprint density at radius 2 is 2.12 bits per heavy atom. The van der Waals surface area contributed by atoms with Gasteiger partial charge < -0.3 is 14.4 Å². The number of sulfonamides is 1. The number of morpholine rings is 1. The summed E-state index contributed by atoms with van der Waals surface area (Å²) in [6.07, 6.45) is 1.62. The Bertz CT molecular complexity index is 811. The Balaban J connectivity index is 1.48. The monoisotopic (exact) mass is 381 g/mol. The zero-order valence-corrected chi connectivity index (χ0v) is 15.3. The predicted octanol–water partition coefficient (Wildman–Crippen LogP) is -0.287. The summed E-state index contributed by atoms with van der Waals surface area (Å²) in [5.74, 6) is 0.0123. The van der Waals surface area contributed by atoms with Gasteiger partial charge in [0.25, 0.3) is 0 Å². The third-order valence-electron chi connectivity index (χ3n) is 5.36. The molecule has 2 atom stereocenters. The molecule has 2 saturated heterocycles. The molecular formula is C17H23N3O5S. The fourth-order valence-electron chi connectivity index (χ4n) is 3.99. The average Bonchev–Trinajstić information content (AvgIpc) is 3.04. The molecule has 3 heterocycles. The van der Waals surface area contributed by atoms with Crippen molar-refractivity contribution in [2.24, 2.45) is 5.14 Å². The number of anilines is 1. The normalized spacial score (nSPS) is 26.4. The highest BCUT2D eigenvalue weighted by molar-refractivity contribution is 7.89. The van der Waals surface area contributed by atoms with Crippen LogP contribution < -0.4 is 10.0 Å². The number of fused-ring (bicyclic) bond motifs is 2. The standard InChI is InChI=1S/C17H23N3O5S/c18-26(22,23)13-1-2-14-12(9-13)3-5-20(14)17(21)10-19-6-8-25-16-4-7-24-11-15(16)19/h1-2,9,15-16H,3-8,10-11H2,(H2,18,22,23). The smallest absolute Gasteiger partial charge is 0.241 e. The van der Waals surface area contributed by atoms with Gasteiger partial charge in [0, 0.05) is 25.4 Å². The average molecular weight is 381 g/mol. The first-order valence-corrected chi connectivity index (χ1v) is 10.4. The highest BCUT2D eigenvalue weighted by Crippen LogP contribution is 2.30. The van der Waals surface area contributed by atoms with E-state index < -0.39 is 10.0 Å². The molecule has 142 valence electrons. The number of nitrogens with zero attached hydrogens (tertiary/aromatic N) is 2. The molecule has 0 bridgehead atoms. The maximum absolute atomic E-state index is 12.9. The summed E-state index contributed by atoms with van der Waals surface area (Å²) in [7, 11) is -3.74. The van der Waals surface area contributed by atoms with Crippen LogP contribution in [-0.2, 0) is 30.7 Å². The molecule has 0 aromatic heterocycles. The van der Waals surface area contributed by atoms with Gasteiger partial charge in [-0.3, -0.25) is 9.69 Å². The van der Waals surface area contributed by atoms with Crippen molar-refractivity contribution < 1.29 is 22.7 Å². The van der Waals surface area contributed by atoms with Crippen LogP contribution in [0.3, 0.4) is 0 Å². The molecule has 4 rings (SSSR count). The third kappa shape index (κ3) is 3.37. The first kappa shape index (κ1) is 17.9. The fourth-order valence-corrected chi connectivity index (χ4v) is 4.56. The van der Waals surface area contributed by atoms with Crippen molar-refractivity contribution >= 4 is 21.6 Å². The lowest BCUT2D eigenvalue weighted by Gasteiger charge is -2.43. The van der Waals surface area contributed by atoms with E-state index in [1.165, 1.54) is 6.07 Å². The van der Waals surface area contributed by atoms with Gasteiger partial charge >= 0.3 is 0 Å². The Hall–Kier alpha value is -1.52. The van der Waals surface area contributed by atoms with Crippen LogP contribution >= 0.6 is 0 Å². The van der Waals surface area contributed by atoms with Crippen molar-refractivity contribution in [3.05, 3.63) is 23.8 Å². The number of benzene rings is 1. The van der Waals surface area contributed by atoms with Crippen LogP contribution in [0.2, 0.25) is 0 Å². The molecule has 26 heavy (non-hydrogen) atoms. The maximum Gasteiger partial charge on any atom is 0.241 e. The molecule has 1 aromatic rings. The number of primary sulfonamides is 1. The molecule has 0 aliphatic carbocycles. The number of ether oxygens (including phenoxy) is 2. The molecule has 3 aliphatic heterocycles. The van der Waals surface area contributed by atoms with Gasteiger partial charge in [-0.2, -0.15) is 0 Å². The Morgan fingerprint density at radius 1 is 1.27 bits per heavy atom. The predicted molar refractivity (Wildman–Crippen MR) is 94.4 cm³/mol. The first-order chi connectivity index (χ1) is 12.4. The van der Waals surface area contributed by atoms with Gasteiger partial charge in [0.05, 0.1) is 36.8 Å². The van der Waals surface area contributed by atoms with E-state index in [2.05, 4.69) is 4.90 Å². The summed E-state index contributed by atoms with van der Waals surface area (Å²) in [6, 6.07) is 4.82. The molecule has 2 N–H and O–H groups in total. The summed E-state index contributed by atoms with van der Waals surface area (Å²) in [4.78, 5) is 16.9. The van der Waals surface area contributed by atoms with Crippen LogP contribution in [0.15, 0.2) is 23.1 Å². The fraction of sp³-hybridized carbons (Fsp3) is 0.588. The third-order valence-corrected chi connectivity index (χ3v) is 6.27. The van der Waals surface area contributed by atoms with Crippen LogP contribution in [0.4, 0.5) is 5.69 Å². The number of carbonyl (C=O) groups is 1. The second-order valence-corrected chi connectivity index (χ2v) is 8.50. The number of hydrogen-bond acceptors (Lipinski definition) is 6. The van der Waals surface area contributed by atoms with Crippen molar-refractivity contribution in [2.45, 2.75) is 29.9 Å². The maximum atomic E-state index is 12.9. The van der Waals surface area contributed by atoms with Gasteiger partial charge in [0.1, 0.15) is 0 Å². The van der Waals surface area contributed by atoms with E-state index >= 15 is 0 Å². The Morgan fingerprint density at radius 3 is 2.92 bits per heavy atom. The van der Waals surface area contributed by atoms with Crippen molar-refractivity contribution in [1.29, 1.82) is 0 Å². The molecular weight excluding hydrogens is 358 g/mol. The number of nitrogens with two attached hydrogens (primary N) is 1. The van der Waals surface area contributed by atoms with Crippen LogP contribution in [0.1, 0.15) is 12.0 Å². The topological polar surface area (TPSA) is 102 Å². The number of amides is 1. The van der Waals surface area contributed by atoms with Crippen molar-refractivity contribution in [2.75, 3.05) is 44.4 Å². The SMILES string of the molecule is NS(=O)(=O)c1ccc2c(c1)CCN2C(=O)CN1CCOC2CCOCC21. The van der Waals surface area contributed by atoms with E-state index in [0.717, 1.165) is 17.7 Å². The van der Waals surface area contributed by atoms with E-state index in [-0.39, 0.29) is 22.9 Å². The minimum absolute atomic E-state index is 0.0123. The molecule has 1 amide bonds. The lowest BCUT2D eigenvalue weighted by atomic mass is 10.0. The largest absolute Gasteiger partial charge is 0.380 e. The number of rotatable bonds is 3. The minimum Gasteiger partial charge on any atom is -0.380 e. The van der Waals surface area contributed by atoms with Gasteiger partial charge in [0.2, 0.25) is 15.9 Å². The summed E-state index contributed by atoms with van der Waals surface area (Å²) in [5.41, 5.74) is 1.61. The summed E-state index contributed by atoms with van der Waals surface area (Å²) < 4.78 is 34.4. The molecule has 9 heteroatoms. The number of carbonyl (C=O) groups excluding carboxylic acids is 1. The van der Waals surface area contributed by atoms with Crippen LogP contribution in [0.25, 0.3) is 0 Å². The molecule has 3 aliphatic rings. The zero-order valence-electron chi connectivity index (χ0n) is 14.5. The van der Waals surface area contributed by atoms with E-state index in [1.54, 1.807) is 17.0 Å². The van der Waals surface area contributed by atoms with Gasteiger partial charge in [-0.15, -0.1) is 0 Å². The Labute approximate surface area is 152 Å². The van der Waals surface area contributed by atoms with E-state index in [0.29, 0.717) is 45.9 Å². The molecule has 0 saturated carbocycles. The van der Waals surface area contributed by atoms with E-state index in [9.17, 15) is 13.2 Å². The summed E-state index contributed by atoms with van der Waals surface area (Å²) >= 11 is 0. The molecule has 0 radical (unpaired) electrons. The van der Waals surface area contributed by atoms with Crippen molar-refractivity contribution in [3.8, 4) is 0 Å². The summed E-state index contributed by atoms with van der Waals surface area (Å²) in [5, 5.41) is 5.19. The molecule has 1 aromatic carbocycles. The molecule has 0 spiro atoms. The van der Waals surface area contributed by atoms with E-state index in [4.69, 9.17) is 14.6 Å². The highest BCUT2D eigenvalue weighted by atomic mass is 32.2. The van der Waals surface area contributed by atoms with Gasteiger partial charge in [-0.25, -0.2) is 13.6 Å². The van der Waals surface area contributed by atoms with Crippen molar-refractivity contribution in [1.82, 2.24) is 4.90 Å². The lowest BCUT2D eigenvalue weighted by molar-refractivity contribution is -0.141. The second-order valence-electron chi connectivity index (χ2n) is 6.94. The van der Waals surface area contributed by atoms with Crippen LogP contribution in [0.5, 0.6) is 0 Å². The lowest BCUT2D eigenvalue weighted by Crippen LogP contribution is -2.58. The highest BCUT2D eigenvalue weighted by Gasteiger charge is 2.37. The van der Waals surface area contributed by atoms with Crippen molar-refractivity contribution in [3.63, 3.8) is 0 Å². The summed E-state index contributed by atoms with van der Waals surface area (Å²) in [6.45, 7) is 3.49. The quantitative estimate of drug-likeness (QED) is 0.772. The minimum atomic E-state index is -3.74. The zero-order chi connectivity index (χ0) is 18.3. The van der Waals surface area contributed by atoms with E-state index in [1.807, 2.05) is 0 Å². The van der Waals surface area contributed by atoms with Gasteiger partial charge in [-0.05, 0) is 36.6 Å². The Kier molecular flexibility index (Phi) is 4.74. The van der Waals surface area contributed by atoms with Crippen LogP contribution in [-0.4, -0.2) is 70.8 Å². The number of hydrogen-bond donors (Lipinski definition) is 1. The second kappa shape index (κ2) is 6.90. The molecule has 2 unspecified atom stereocenters. The first-order valence-electron chi connectivity index (χ1n) is 8.83. The van der Waals surface area contributed by atoms with Gasteiger partial charge in [0.15, 0.2) is 0 Å². The van der Waals surface area contributed by atoms with Crippen LogP contribution in [0, 0.1) is 0 Å².